The van der Waals surface area contributed by atoms with Crippen molar-refractivity contribution in [3.63, 3.8) is 0 Å². The van der Waals surface area contributed by atoms with Crippen LogP contribution in [0.4, 0.5) is 0 Å². The number of rotatable bonds is 44. The summed E-state index contributed by atoms with van der Waals surface area (Å²) in [5.74, 6) is 1.09. The number of piperazine rings is 1. The maximum absolute atomic E-state index is 12.9. The molecule has 0 aliphatic carbocycles. The van der Waals surface area contributed by atoms with Crippen LogP contribution < -0.4 is 0 Å². The van der Waals surface area contributed by atoms with Crippen molar-refractivity contribution in [1.82, 2.24) is 19.6 Å². The number of hydrogen-bond donors (Lipinski definition) is 0. The van der Waals surface area contributed by atoms with E-state index in [-0.39, 0.29) is 23.9 Å². The number of ether oxygens (including phenoxy) is 4. The van der Waals surface area contributed by atoms with Crippen molar-refractivity contribution in [2.75, 3.05) is 91.9 Å². The zero-order valence-electron chi connectivity index (χ0n) is 44.7. The molecule has 2 aliphatic heterocycles. The Bertz CT molecular complexity index is 1120. The normalized spacial score (nSPS) is 18.1. The average Bonchev–Trinajstić information content (AvgIpc) is 3.93. The highest BCUT2D eigenvalue weighted by atomic mass is 16.5. The van der Waals surface area contributed by atoms with Crippen molar-refractivity contribution in [3.8, 4) is 0 Å². The van der Waals surface area contributed by atoms with Gasteiger partial charge in [-0.15, -0.1) is 0 Å². The summed E-state index contributed by atoms with van der Waals surface area (Å²) in [7, 11) is 0. The van der Waals surface area contributed by atoms with Crippen molar-refractivity contribution >= 4 is 23.9 Å². The number of fused-ring (bicyclic) bond motifs is 2. The lowest BCUT2D eigenvalue weighted by molar-refractivity contribution is -0.147. The van der Waals surface area contributed by atoms with Gasteiger partial charge in [0.15, 0.2) is 0 Å². The van der Waals surface area contributed by atoms with E-state index in [1.807, 2.05) is 0 Å². The van der Waals surface area contributed by atoms with E-state index in [0.29, 0.717) is 114 Å². The van der Waals surface area contributed by atoms with Gasteiger partial charge in [0.25, 0.3) is 0 Å². The molecular formula is C55H104N4O8. The third kappa shape index (κ3) is 27.6. The van der Waals surface area contributed by atoms with Crippen molar-refractivity contribution in [3.05, 3.63) is 0 Å². The molecule has 0 spiro atoms. The first kappa shape index (κ1) is 60.8. The van der Waals surface area contributed by atoms with E-state index >= 15 is 0 Å². The molecule has 2 fully saturated rings. The Morgan fingerprint density at radius 2 is 0.687 bits per heavy atom. The molecule has 0 aromatic rings. The molecule has 0 aromatic heterocycles. The lowest BCUT2D eigenvalue weighted by atomic mass is 10.0. The van der Waals surface area contributed by atoms with Crippen LogP contribution in [0.1, 0.15) is 203 Å². The van der Waals surface area contributed by atoms with Gasteiger partial charge >= 0.3 is 23.9 Å². The molecule has 0 aromatic carbocycles. The zero-order valence-corrected chi connectivity index (χ0v) is 44.7. The van der Waals surface area contributed by atoms with Crippen LogP contribution in [0.5, 0.6) is 0 Å². The minimum atomic E-state index is -0.147. The SMILES string of the molecule is CCCCC(CC)COC(=O)CCN(CCCN1CC2CC1CN2CCCN(CCC(=O)OCC(CC)CCCC)CCC(=O)OCC(CC)CCCC)CCC(=O)OCC(CC)CCCC. The lowest BCUT2D eigenvalue weighted by Gasteiger charge is -2.35. The highest BCUT2D eigenvalue weighted by Crippen LogP contribution is 2.31. The molecule has 6 atom stereocenters. The average molecular weight is 949 g/mol. The molecule has 2 heterocycles. The summed E-state index contributed by atoms with van der Waals surface area (Å²) in [6, 6.07) is 1.08. The fourth-order valence-corrected chi connectivity index (χ4v) is 9.77. The molecule has 2 aliphatic rings. The van der Waals surface area contributed by atoms with Gasteiger partial charge in [0, 0.05) is 51.4 Å². The summed E-state index contributed by atoms with van der Waals surface area (Å²) >= 11 is 0. The Kier molecular flexibility index (Phi) is 34.9. The summed E-state index contributed by atoms with van der Waals surface area (Å²) in [4.78, 5) is 61.3. The Hall–Kier alpha value is -2.28. The molecule has 0 radical (unpaired) electrons. The predicted molar refractivity (Wildman–Crippen MR) is 273 cm³/mol. The number of unbranched alkanes of at least 4 members (excludes halogenated alkanes) is 4. The standard InChI is InChI=1S/C55H104N4O8/c1-9-17-23-46(13-5)42-64-52(60)27-35-56(36-28-53(61)65-43-47(14-6)24-18-10-2)31-21-33-58-40-51-39-50(58)41-59(51)34-22-32-57(37-29-54(62)66-44-48(15-7)25-19-11-3)38-30-55(63)67-45-49(16-8)26-20-12-4/h46-51H,9-45H2,1-8H3. The highest BCUT2D eigenvalue weighted by molar-refractivity contribution is 5.71. The van der Waals surface area contributed by atoms with Gasteiger partial charge in [-0.3, -0.25) is 29.0 Å². The van der Waals surface area contributed by atoms with Crippen molar-refractivity contribution in [2.45, 2.75) is 215 Å². The van der Waals surface area contributed by atoms with E-state index in [4.69, 9.17) is 18.9 Å². The van der Waals surface area contributed by atoms with E-state index in [0.717, 1.165) is 155 Å². The molecule has 392 valence electrons. The summed E-state index contributed by atoms with van der Waals surface area (Å²) in [5, 5.41) is 0. The fraction of sp³-hybridized carbons (Fsp3) is 0.927. The highest BCUT2D eigenvalue weighted by Gasteiger charge is 2.42. The first-order chi connectivity index (χ1) is 32.5. The number of nitrogens with zero attached hydrogens (tertiary/aromatic N) is 4. The second kappa shape index (κ2) is 38.5. The second-order valence-electron chi connectivity index (χ2n) is 20.3. The predicted octanol–water partition coefficient (Wildman–Crippen LogP) is 10.7. The molecule has 2 saturated heterocycles. The first-order valence-corrected chi connectivity index (χ1v) is 28.1. The van der Waals surface area contributed by atoms with Crippen LogP contribution in [0.2, 0.25) is 0 Å². The number of hydrogen-bond acceptors (Lipinski definition) is 12. The molecule has 12 heteroatoms. The third-order valence-electron chi connectivity index (χ3n) is 14.9. The molecule has 12 nitrogen and oxygen atoms in total. The number of carbonyl (C=O) groups excluding carboxylic acids is 4. The smallest absolute Gasteiger partial charge is 0.307 e. The molecule has 6 unspecified atom stereocenters. The van der Waals surface area contributed by atoms with Crippen LogP contribution in [0, 0.1) is 23.7 Å². The number of esters is 4. The van der Waals surface area contributed by atoms with E-state index in [2.05, 4.69) is 75.0 Å². The zero-order chi connectivity index (χ0) is 49.1. The molecular weight excluding hydrogens is 845 g/mol. The Balaban J connectivity index is 1.90. The quantitative estimate of drug-likeness (QED) is 0.0427. The van der Waals surface area contributed by atoms with Crippen molar-refractivity contribution < 1.29 is 38.1 Å². The van der Waals surface area contributed by atoms with E-state index in [1.165, 1.54) is 6.42 Å². The van der Waals surface area contributed by atoms with Crippen LogP contribution in [-0.2, 0) is 38.1 Å². The number of carbonyl (C=O) groups is 4. The van der Waals surface area contributed by atoms with Gasteiger partial charge in [-0.25, -0.2) is 0 Å². The van der Waals surface area contributed by atoms with Crippen molar-refractivity contribution in [2.24, 2.45) is 23.7 Å². The Morgan fingerprint density at radius 1 is 0.418 bits per heavy atom. The Morgan fingerprint density at radius 3 is 0.910 bits per heavy atom. The minimum Gasteiger partial charge on any atom is -0.465 e. The molecule has 2 bridgehead atoms. The second-order valence-corrected chi connectivity index (χ2v) is 20.3. The summed E-state index contributed by atoms with van der Waals surface area (Å²) in [6.07, 6.45) is 22.2. The largest absolute Gasteiger partial charge is 0.465 e. The van der Waals surface area contributed by atoms with Crippen molar-refractivity contribution in [1.29, 1.82) is 0 Å². The molecule has 67 heavy (non-hydrogen) atoms. The van der Waals surface area contributed by atoms with Gasteiger partial charge < -0.3 is 28.7 Å². The Labute approximate surface area is 411 Å². The maximum atomic E-state index is 12.9. The fourth-order valence-electron chi connectivity index (χ4n) is 9.77. The van der Waals surface area contributed by atoms with E-state index in [9.17, 15) is 19.2 Å². The maximum Gasteiger partial charge on any atom is 0.307 e. The summed E-state index contributed by atoms with van der Waals surface area (Å²) < 4.78 is 23.0. The van der Waals surface area contributed by atoms with Gasteiger partial charge in [-0.05, 0) is 94.8 Å². The van der Waals surface area contributed by atoms with Crippen LogP contribution in [-0.4, -0.2) is 147 Å². The van der Waals surface area contributed by atoms with Crippen LogP contribution in [0.25, 0.3) is 0 Å². The van der Waals surface area contributed by atoms with Gasteiger partial charge in [-0.2, -0.15) is 0 Å². The lowest BCUT2D eigenvalue weighted by Crippen LogP contribution is -2.47. The summed E-state index contributed by atoms with van der Waals surface area (Å²) in [6.45, 7) is 27.6. The first-order valence-electron chi connectivity index (χ1n) is 28.1. The van der Waals surface area contributed by atoms with E-state index < -0.39 is 0 Å². The van der Waals surface area contributed by atoms with Crippen LogP contribution in [0.15, 0.2) is 0 Å². The molecule has 0 saturated carbocycles. The minimum absolute atomic E-state index is 0.147. The monoisotopic (exact) mass is 949 g/mol. The third-order valence-corrected chi connectivity index (χ3v) is 14.9. The van der Waals surface area contributed by atoms with Gasteiger partial charge in [0.2, 0.25) is 0 Å². The molecule has 0 N–H and O–H groups in total. The number of likely N-dealkylation sites (tertiary alicyclic amines) is 2. The van der Waals surface area contributed by atoms with Gasteiger partial charge in [-0.1, -0.05) is 132 Å². The van der Waals surface area contributed by atoms with Gasteiger partial charge in [0.1, 0.15) is 0 Å². The van der Waals surface area contributed by atoms with Crippen LogP contribution in [0.3, 0.4) is 0 Å². The molecule has 2 rings (SSSR count). The van der Waals surface area contributed by atoms with E-state index in [1.54, 1.807) is 0 Å². The van der Waals surface area contributed by atoms with Crippen LogP contribution >= 0.6 is 0 Å². The topological polar surface area (TPSA) is 118 Å². The summed E-state index contributed by atoms with van der Waals surface area (Å²) in [5.41, 5.74) is 0. The molecule has 0 amide bonds. The van der Waals surface area contributed by atoms with Gasteiger partial charge in [0.05, 0.1) is 52.1 Å².